The van der Waals surface area contributed by atoms with Crippen LogP contribution in [0.25, 0.3) is 0 Å². The first kappa shape index (κ1) is 13.4. The van der Waals surface area contributed by atoms with E-state index in [1.807, 2.05) is 0 Å². The number of ketones is 2. The van der Waals surface area contributed by atoms with Gasteiger partial charge < -0.3 is 0 Å². The van der Waals surface area contributed by atoms with E-state index in [2.05, 4.69) is 0 Å². The summed E-state index contributed by atoms with van der Waals surface area (Å²) in [6.45, 7) is 2.78. The summed E-state index contributed by atoms with van der Waals surface area (Å²) in [7, 11) is 0. The molecular formula is C13H10ClNO4. The second kappa shape index (κ2) is 4.59. The van der Waals surface area contributed by atoms with Crippen LogP contribution in [-0.4, -0.2) is 23.4 Å². The van der Waals surface area contributed by atoms with Gasteiger partial charge in [-0.05, 0) is 37.6 Å². The Morgan fingerprint density at radius 2 is 1.89 bits per heavy atom. The molecule has 1 heterocycles. The van der Waals surface area contributed by atoms with Gasteiger partial charge >= 0.3 is 5.91 Å². The first-order valence-electron chi connectivity index (χ1n) is 5.53. The lowest BCUT2D eigenvalue weighted by molar-refractivity contribution is -0.139. The number of benzene rings is 1. The normalized spacial score (nSPS) is 19.2. The van der Waals surface area contributed by atoms with Gasteiger partial charge in [0.2, 0.25) is 5.78 Å². The molecule has 2 amide bonds. The lowest BCUT2D eigenvalue weighted by Crippen LogP contribution is -2.32. The van der Waals surface area contributed by atoms with E-state index in [-0.39, 0.29) is 5.69 Å². The Morgan fingerprint density at radius 3 is 2.37 bits per heavy atom. The van der Waals surface area contributed by atoms with Crippen molar-refractivity contribution in [2.24, 2.45) is 5.92 Å². The monoisotopic (exact) mass is 279 g/mol. The molecule has 1 aliphatic rings. The first-order valence-corrected chi connectivity index (χ1v) is 5.91. The zero-order valence-corrected chi connectivity index (χ0v) is 11.0. The summed E-state index contributed by atoms with van der Waals surface area (Å²) in [4.78, 5) is 47.6. The summed E-state index contributed by atoms with van der Waals surface area (Å²) >= 11 is 5.79. The second-order valence-corrected chi connectivity index (χ2v) is 4.75. The predicted octanol–water partition coefficient (Wildman–Crippen LogP) is 1.30. The van der Waals surface area contributed by atoms with Gasteiger partial charge in [0, 0.05) is 5.02 Å². The average Bonchev–Trinajstić information content (AvgIpc) is 2.52. The molecule has 6 heteroatoms. The van der Waals surface area contributed by atoms with E-state index in [0.717, 1.165) is 11.8 Å². The molecule has 0 saturated carbocycles. The highest BCUT2D eigenvalue weighted by Gasteiger charge is 2.50. The molecule has 1 aromatic carbocycles. The number of carbonyl (C=O) groups excluding carboxylic acids is 4. The van der Waals surface area contributed by atoms with Crippen molar-refractivity contribution in [1.29, 1.82) is 0 Å². The second-order valence-electron chi connectivity index (χ2n) is 4.32. The van der Waals surface area contributed by atoms with Crippen LogP contribution in [0.4, 0.5) is 5.69 Å². The van der Waals surface area contributed by atoms with Gasteiger partial charge in [-0.15, -0.1) is 0 Å². The summed E-state index contributed by atoms with van der Waals surface area (Å²) in [6, 6.07) is 4.56. The van der Waals surface area contributed by atoms with Crippen molar-refractivity contribution in [2.45, 2.75) is 13.8 Å². The largest absolute Gasteiger partial charge is 0.302 e. The molecule has 0 unspecified atom stereocenters. The van der Waals surface area contributed by atoms with Crippen LogP contribution in [0, 0.1) is 12.8 Å². The van der Waals surface area contributed by atoms with Gasteiger partial charge in [0.05, 0.1) is 5.69 Å². The van der Waals surface area contributed by atoms with Crippen LogP contribution < -0.4 is 4.90 Å². The Kier molecular flexibility index (Phi) is 3.24. The number of carbonyl (C=O) groups is 4. The first-order chi connectivity index (χ1) is 8.84. The summed E-state index contributed by atoms with van der Waals surface area (Å²) in [5, 5.41) is 0.454. The molecule has 0 aromatic heterocycles. The van der Waals surface area contributed by atoms with Crippen molar-refractivity contribution in [3.8, 4) is 0 Å². The fourth-order valence-corrected chi connectivity index (χ4v) is 2.26. The van der Waals surface area contributed by atoms with E-state index in [1.54, 1.807) is 13.0 Å². The maximum Gasteiger partial charge on any atom is 0.302 e. The molecule has 2 rings (SSSR count). The minimum atomic E-state index is -1.51. The molecule has 0 bridgehead atoms. The fraction of sp³-hybridized carbons (Fsp3) is 0.231. The topological polar surface area (TPSA) is 71.5 Å². The van der Waals surface area contributed by atoms with Crippen LogP contribution in [-0.2, 0) is 19.2 Å². The molecule has 1 saturated heterocycles. The van der Waals surface area contributed by atoms with E-state index in [9.17, 15) is 19.2 Å². The van der Waals surface area contributed by atoms with Gasteiger partial charge in [-0.2, -0.15) is 0 Å². The highest BCUT2D eigenvalue weighted by atomic mass is 35.5. The van der Waals surface area contributed by atoms with E-state index >= 15 is 0 Å². The molecule has 1 fully saturated rings. The van der Waals surface area contributed by atoms with Gasteiger partial charge in [-0.3, -0.25) is 19.2 Å². The lowest BCUT2D eigenvalue weighted by atomic mass is 10.0. The SMILES string of the molecule is CC(=O)[C@H]1C(=O)C(=O)N(c2ccc(Cl)cc2C)C1=O. The number of anilines is 1. The fourth-order valence-electron chi connectivity index (χ4n) is 2.03. The molecule has 0 spiro atoms. The van der Waals surface area contributed by atoms with Gasteiger partial charge in [-0.25, -0.2) is 4.90 Å². The van der Waals surface area contributed by atoms with Crippen LogP contribution in [0.15, 0.2) is 18.2 Å². The zero-order chi connectivity index (χ0) is 14.3. The molecule has 1 aromatic rings. The minimum absolute atomic E-state index is 0.275. The molecule has 0 N–H and O–H groups in total. The molecule has 1 atom stereocenters. The predicted molar refractivity (Wildman–Crippen MR) is 67.9 cm³/mol. The maximum atomic E-state index is 12.0. The van der Waals surface area contributed by atoms with E-state index in [1.165, 1.54) is 12.1 Å². The number of hydrogen-bond donors (Lipinski definition) is 0. The lowest BCUT2D eigenvalue weighted by Gasteiger charge is -2.16. The minimum Gasteiger partial charge on any atom is -0.299 e. The van der Waals surface area contributed by atoms with Gasteiger partial charge in [0.25, 0.3) is 5.91 Å². The van der Waals surface area contributed by atoms with Crippen molar-refractivity contribution >= 4 is 40.7 Å². The van der Waals surface area contributed by atoms with E-state index in [0.29, 0.717) is 10.6 Å². The van der Waals surface area contributed by atoms with Crippen LogP contribution in [0.5, 0.6) is 0 Å². The van der Waals surface area contributed by atoms with Gasteiger partial charge in [-0.1, -0.05) is 11.6 Å². The summed E-state index contributed by atoms with van der Waals surface area (Å²) in [6.07, 6.45) is 0. The van der Waals surface area contributed by atoms with Crippen LogP contribution in [0.3, 0.4) is 0 Å². The third-order valence-corrected chi connectivity index (χ3v) is 3.18. The molecule has 0 radical (unpaired) electrons. The molecule has 98 valence electrons. The summed E-state index contributed by atoms with van der Waals surface area (Å²) < 4.78 is 0. The highest BCUT2D eigenvalue weighted by Crippen LogP contribution is 2.29. The Labute approximate surface area is 114 Å². The molecule has 19 heavy (non-hydrogen) atoms. The van der Waals surface area contributed by atoms with Crippen molar-refractivity contribution in [2.75, 3.05) is 4.90 Å². The molecule has 0 aliphatic carbocycles. The van der Waals surface area contributed by atoms with Crippen molar-refractivity contribution < 1.29 is 19.2 Å². The summed E-state index contributed by atoms with van der Waals surface area (Å²) in [5.41, 5.74) is 0.850. The molecular weight excluding hydrogens is 270 g/mol. The average molecular weight is 280 g/mol. The number of rotatable bonds is 2. The number of Topliss-reactive ketones (excluding diaryl/α,β-unsaturated/α-hetero) is 2. The van der Waals surface area contributed by atoms with Crippen molar-refractivity contribution in [3.63, 3.8) is 0 Å². The maximum absolute atomic E-state index is 12.0. The Hall–Kier alpha value is -2.01. The van der Waals surface area contributed by atoms with E-state index < -0.39 is 29.3 Å². The van der Waals surface area contributed by atoms with Crippen LogP contribution in [0.1, 0.15) is 12.5 Å². The smallest absolute Gasteiger partial charge is 0.299 e. The number of halogens is 1. The third-order valence-electron chi connectivity index (χ3n) is 2.95. The number of amides is 2. The van der Waals surface area contributed by atoms with Gasteiger partial charge in [0.15, 0.2) is 5.92 Å². The zero-order valence-electron chi connectivity index (χ0n) is 10.3. The summed E-state index contributed by atoms with van der Waals surface area (Å²) in [5.74, 6) is -4.89. The third kappa shape index (κ3) is 2.06. The van der Waals surface area contributed by atoms with Crippen molar-refractivity contribution in [1.82, 2.24) is 0 Å². The Morgan fingerprint density at radius 1 is 1.26 bits per heavy atom. The quantitative estimate of drug-likeness (QED) is 0.465. The van der Waals surface area contributed by atoms with Crippen LogP contribution >= 0.6 is 11.6 Å². The highest BCUT2D eigenvalue weighted by molar-refractivity contribution is 6.59. The number of nitrogens with zero attached hydrogens (tertiary/aromatic N) is 1. The van der Waals surface area contributed by atoms with Gasteiger partial charge in [0.1, 0.15) is 5.78 Å². The number of imide groups is 1. The number of aryl methyl sites for hydroxylation is 1. The molecule has 5 nitrogen and oxygen atoms in total. The number of hydrogen-bond acceptors (Lipinski definition) is 4. The van der Waals surface area contributed by atoms with E-state index in [4.69, 9.17) is 11.6 Å². The van der Waals surface area contributed by atoms with Crippen LogP contribution in [0.2, 0.25) is 5.02 Å². The Balaban J connectivity index is 2.51. The standard InChI is InChI=1S/C13H10ClNO4/c1-6-5-8(14)3-4-9(6)15-12(18)10(7(2)16)11(17)13(15)19/h3-5,10H,1-2H3/t10-/m0/s1. The molecule has 1 aliphatic heterocycles. The van der Waals surface area contributed by atoms with Crippen molar-refractivity contribution in [3.05, 3.63) is 28.8 Å². The Bertz CT molecular complexity index is 623.